The first-order chi connectivity index (χ1) is 32.0. The lowest BCUT2D eigenvalue weighted by atomic mass is 9.86. The van der Waals surface area contributed by atoms with Gasteiger partial charge in [0, 0.05) is 61.3 Å². The Labute approximate surface area is 382 Å². The molecule has 3 heterocycles. The molecule has 6 N–H and O–H groups in total. The minimum atomic E-state index is -2.11. The molecule has 5 aromatic carbocycles. The first kappa shape index (κ1) is 45.7. The Hall–Kier alpha value is -6.84. The van der Waals surface area contributed by atoms with Gasteiger partial charge in [-0.15, -0.1) is 0 Å². The van der Waals surface area contributed by atoms with Crippen molar-refractivity contribution in [2.45, 2.75) is 50.1 Å². The van der Waals surface area contributed by atoms with Crippen molar-refractivity contribution in [1.82, 2.24) is 25.4 Å². The third kappa shape index (κ3) is 11.0. The molecule has 2 fully saturated rings. The molecule has 0 radical (unpaired) electrons. The molecule has 0 aliphatic carbocycles. The Bertz CT molecular complexity index is 2670. The van der Waals surface area contributed by atoms with Crippen LogP contribution in [0.1, 0.15) is 63.5 Å². The van der Waals surface area contributed by atoms with Crippen LogP contribution in [-0.2, 0) is 33.0 Å². The highest BCUT2D eigenvalue weighted by molar-refractivity contribution is 5.94. The Morgan fingerprint density at radius 1 is 0.803 bits per heavy atom. The molecule has 14 nitrogen and oxygen atoms in total. The monoisotopic (exact) mass is 893 g/mol. The maximum Gasteiger partial charge on any atom is 0.347 e. The SMILES string of the molecule is O=C(N[C@@H]1CCN(C(=O)COc2cccc(C(O)(C(=O)OCC3CCN(Cc4ccccc4)CC3)c3ccccc3)c2)C1)c1ccc(CNC[C@H](O)c2ccc(O)c3[nH]c(=O)ccc23)cc1. The van der Waals surface area contributed by atoms with E-state index in [1.807, 2.05) is 36.4 Å². The number of esters is 1. The number of nitrogens with one attached hydrogen (secondary N) is 3. The second kappa shape index (κ2) is 21.0. The Kier molecular flexibility index (Phi) is 14.5. The number of aromatic nitrogens is 1. The zero-order valence-corrected chi connectivity index (χ0v) is 36.6. The Morgan fingerprint density at radius 3 is 2.29 bits per heavy atom. The molecule has 6 aromatic rings. The van der Waals surface area contributed by atoms with E-state index in [0.29, 0.717) is 53.9 Å². The maximum atomic E-state index is 13.9. The van der Waals surface area contributed by atoms with Crippen molar-refractivity contribution < 1.29 is 39.2 Å². The number of hydrogen-bond acceptors (Lipinski definition) is 11. The molecule has 2 aliphatic rings. The van der Waals surface area contributed by atoms with E-state index in [0.717, 1.165) is 38.0 Å². The fourth-order valence-electron chi connectivity index (χ4n) is 8.74. The van der Waals surface area contributed by atoms with Crippen LogP contribution in [0.2, 0.25) is 0 Å². The number of aliphatic hydroxyl groups is 2. The lowest BCUT2D eigenvalue weighted by Gasteiger charge is -2.33. The van der Waals surface area contributed by atoms with Crippen molar-refractivity contribution in [2.24, 2.45) is 5.92 Å². The minimum Gasteiger partial charge on any atom is -0.506 e. The number of aromatic hydroxyl groups is 1. The normalized spacial score (nSPS) is 16.9. The highest BCUT2D eigenvalue weighted by Gasteiger charge is 2.42. The highest BCUT2D eigenvalue weighted by Crippen LogP contribution is 2.34. The van der Waals surface area contributed by atoms with Crippen LogP contribution >= 0.6 is 0 Å². The molecule has 0 bridgehead atoms. The van der Waals surface area contributed by atoms with E-state index in [1.54, 1.807) is 77.7 Å². The van der Waals surface area contributed by atoms with Gasteiger partial charge in [0.25, 0.3) is 11.8 Å². The van der Waals surface area contributed by atoms with Gasteiger partial charge in [0.1, 0.15) is 11.5 Å². The smallest absolute Gasteiger partial charge is 0.347 e. The van der Waals surface area contributed by atoms with Gasteiger partial charge in [-0.1, -0.05) is 91.0 Å². The number of phenolic OH excluding ortho intramolecular Hbond substituents is 1. The van der Waals surface area contributed by atoms with E-state index in [4.69, 9.17) is 9.47 Å². The van der Waals surface area contributed by atoms with E-state index in [2.05, 4.69) is 32.7 Å². The number of aliphatic hydroxyl groups excluding tert-OH is 1. The summed E-state index contributed by atoms with van der Waals surface area (Å²) in [4.78, 5) is 58.8. The second-order valence-corrected chi connectivity index (χ2v) is 17.1. The van der Waals surface area contributed by atoms with Crippen LogP contribution in [0, 0.1) is 5.92 Å². The summed E-state index contributed by atoms with van der Waals surface area (Å²) in [7, 11) is 0. The molecule has 2 saturated heterocycles. The topological polar surface area (TPSA) is 194 Å². The molecular weight excluding hydrogens is 839 g/mol. The first-order valence-corrected chi connectivity index (χ1v) is 22.4. The lowest BCUT2D eigenvalue weighted by Crippen LogP contribution is -2.40. The fraction of sp³-hybridized carbons (Fsp3) is 0.308. The van der Waals surface area contributed by atoms with Crippen molar-refractivity contribution in [3.05, 3.63) is 177 Å². The zero-order chi connectivity index (χ0) is 46.0. The van der Waals surface area contributed by atoms with Crippen molar-refractivity contribution >= 4 is 28.7 Å². The summed E-state index contributed by atoms with van der Waals surface area (Å²) in [5.41, 5.74) is 1.61. The average molecular weight is 894 g/mol. The summed E-state index contributed by atoms with van der Waals surface area (Å²) in [6.07, 6.45) is 1.42. The molecule has 3 atom stereocenters. The number of ether oxygens (including phenoxy) is 2. The molecule has 1 unspecified atom stereocenters. The van der Waals surface area contributed by atoms with Crippen LogP contribution in [-0.4, -0.2) is 99.9 Å². The number of carbonyl (C=O) groups is 3. The minimum absolute atomic E-state index is 0.0761. The summed E-state index contributed by atoms with van der Waals surface area (Å²) < 4.78 is 11.8. The van der Waals surface area contributed by atoms with E-state index >= 15 is 0 Å². The van der Waals surface area contributed by atoms with Gasteiger partial charge in [-0.25, -0.2) is 4.79 Å². The quantitative estimate of drug-likeness (QED) is 0.0663. The largest absolute Gasteiger partial charge is 0.506 e. The van der Waals surface area contributed by atoms with Gasteiger partial charge in [0.2, 0.25) is 11.2 Å². The van der Waals surface area contributed by atoms with Crippen LogP contribution < -0.4 is 20.9 Å². The van der Waals surface area contributed by atoms with Gasteiger partial charge in [-0.05, 0) is 96.9 Å². The van der Waals surface area contributed by atoms with Crippen molar-refractivity contribution in [2.75, 3.05) is 45.9 Å². The number of nitrogens with zero attached hydrogens (tertiary/aromatic N) is 2. The molecular formula is C52H55N5O9. The number of rotatable bonds is 17. The Balaban J connectivity index is 0.795. The molecule has 2 amide bonds. The number of amides is 2. The van der Waals surface area contributed by atoms with Gasteiger partial charge in [-0.2, -0.15) is 0 Å². The molecule has 0 saturated carbocycles. The molecule has 14 heteroatoms. The van der Waals surface area contributed by atoms with Crippen molar-refractivity contribution in [1.29, 1.82) is 0 Å². The van der Waals surface area contributed by atoms with Crippen LogP contribution in [0.15, 0.2) is 138 Å². The number of benzene rings is 5. The predicted octanol–water partition coefficient (Wildman–Crippen LogP) is 5.16. The van der Waals surface area contributed by atoms with E-state index in [-0.39, 0.29) is 65.9 Å². The van der Waals surface area contributed by atoms with E-state index < -0.39 is 17.7 Å². The predicted molar refractivity (Wildman–Crippen MR) is 249 cm³/mol. The van der Waals surface area contributed by atoms with Crippen LogP contribution in [0.3, 0.4) is 0 Å². The number of pyridine rings is 1. The third-order valence-corrected chi connectivity index (χ3v) is 12.5. The number of carbonyl (C=O) groups excluding carboxylic acids is 3. The van der Waals surface area contributed by atoms with Gasteiger partial charge >= 0.3 is 5.97 Å². The van der Waals surface area contributed by atoms with E-state index in [9.17, 15) is 34.5 Å². The average Bonchev–Trinajstić information content (AvgIpc) is 3.82. The number of aromatic amines is 1. The maximum absolute atomic E-state index is 13.9. The van der Waals surface area contributed by atoms with Gasteiger partial charge < -0.3 is 45.3 Å². The zero-order valence-electron chi connectivity index (χ0n) is 36.6. The van der Waals surface area contributed by atoms with Crippen molar-refractivity contribution in [3.8, 4) is 11.5 Å². The third-order valence-electron chi connectivity index (χ3n) is 12.5. The van der Waals surface area contributed by atoms with Crippen LogP contribution in [0.4, 0.5) is 0 Å². The summed E-state index contributed by atoms with van der Waals surface area (Å²) in [6.45, 7) is 3.97. The summed E-state index contributed by atoms with van der Waals surface area (Å²) in [5, 5.41) is 40.0. The first-order valence-electron chi connectivity index (χ1n) is 22.4. The van der Waals surface area contributed by atoms with Crippen LogP contribution in [0.5, 0.6) is 11.5 Å². The molecule has 66 heavy (non-hydrogen) atoms. The van der Waals surface area contributed by atoms with Gasteiger partial charge in [0.15, 0.2) is 6.61 Å². The van der Waals surface area contributed by atoms with Crippen LogP contribution in [0.25, 0.3) is 10.9 Å². The number of phenols is 1. The molecule has 8 rings (SSSR count). The summed E-state index contributed by atoms with van der Waals surface area (Å²) >= 11 is 0. The highest BCUT2D eigenvalue weighted by atomic mass is 16.5. The molecule has 2 aliphatic heterocycles. The molecule has 1 aromatic heterocycles. The Morgan fingerprint density at radius 2 is 1.53 bits per heavy atom. The number of hydrogen-bond donors (Lipinski definition) is 6. The molecule has 342 valence electrons. The van der Waals surface area contributed by atoms with Gasteiger partial charge in [0.05, 0.1) is 18.2 Å². The summed E-state index contributed by atoms with van der Waals surface area (Å²) in [5.74, 6) is -0.901. The number of fused-ring (bicyclic) bond motifs is 1. The van der Waals surface area contributed by atoms with Gasteiger partial charge in [-0.3, -0.25) is 19.3 Å². The number of likely N-dealkylation sites (tertiary alicyclic amines) is 2. The van der Waals surface area contributed by atoms with Crippen molar-refractivity contribution in [3.63, 3.8) is 0 Å². The van der Waals surface area contributed by atoms with E-state index in [1.165, 1.54) is 17.7 Å². The fourth-order valence-corrected chi connectivity index (χ4v) is 8.74. The number of piperidine rings is 1. The standard InChI is InChI=1S/C52H55N5O9/c58-45-20-18-43(44-19-21-47(60)55-49(44)45)46(59)30-53-29-35-14-16-38(17-15-35)50(62)54-41-24-27-57(32-41)48(61)34-65-42-13-7-12-40(28-42)52(64,39-10-5-2-6-11-39)51(63)66-33-37-22-25-56(26-23-37)31-36-8-3-1-4-9-36/h1-21,28,37,41,46,53,58-59,64H,22-27,29-34H2,(H,54,62)(H,55,60)/t41-,46+,52?/m1/s1. The lowest BCUT2D eigenvalue weighted by molar-refractivity contribution is -0.164. The summed E-state index contributed by atoms with van der Waals surface area (Å²) in [6, 6.07) is 38.4. The number of H-pyrrole nitrogens is 1. The second-order valence-electron chi connectivity index (χ2n) is 17.1. The molecule has 0 spiro atoms.